The summed E-state index contributed by atoms with van der Waals surface area (Å²) in [7, 11) is -3.58. The second-order valence-corrected chi connectivity index (χ2v) is 13.7. The monoisotopic (exact) mass is 694 g/mol. The highest BCUT2D eigenvalue weighted by Gasteiger charge is 2.15. The number of hydrogen-bond acceptors (Lipinski definition) is 8. The molecule has 0 bridgehead atoms. The topological polar surface area (TPSA) is 123 Å². The van der Waals surface area contributed by atoms with Crippen molar-refractivity contribution in [3.05, 3.63) is 149 Å². The van der Waals surface area contributed by atoms with E-state index in [9.17, 15) is 18.3 Å². The van der Waals surface area contributed by atoms with Crippen molar-refractivity contribution in [2.75, 3.05) is 30.7 Å². The minimum absolute atomic E-state index is 0.225. The van der Waals surface area contributed by atoms with Crippen molar-refractivity contribution in [1.82, 2.24) is 5.32 Å². The normalized spacial score (nSPS) is 11.8. The molecule has 9 nitrogen and oxygen atoms in total. The van der Waals surface area contributed by atoms with Crippen LogP contribution in [0, 0.1) is 13.8 Å². The minimum Gasteiger partial charge on any atom is -0.492 e. The molecule has 0 saturated heterocycles. The summed E-state index contributed by atoms with van der Waals surface area (Å²) in [6.45, 7) is 5.63. The van der Waals surface area contributed by atoms with E-state index in [1.54, 1.807) is 30.3 Å². The van der Waals surface area contributed by atoms with E-state index in [2.05, 4.69) is 10.0 Å². The van der Waals surface area contributed by atoms with Gasteiger partial charge in [0.25, 0.3) is 0 Å². The van der Waals surface area contributed by atoms with Gasteiger partial charge in [0.05, 0.1) is 23.6 Å². The van der Waals surface area contributed by atoms with Crippen LogP contribution < -0.4 is 19.5 Å². The van der Waals surface area contributed by atoms with Crippen LogP contribution in [0.2, 0.25) is 0 Å². The van der Waals surface area contributed by atoms with Gasteiger partial charge in [-0.05, 0) is 83.1 Å². The molecule has 0 spiro atoms. The molecule has 10 heteroatoms. The van der Waals surface area contributed by atoms with Gasteiger partial charge < -0.3 is 24.6 Å². The number of esters is 1. The molecule has 0 unspecified atom stereocenters. The minimum atomic E-state index is -3.58. The molecular weight excluding hydrogens is 653 g/mol. The lowest BCUT2D eigenvalue weighted by atomic mass is 9.96. The van der Waals surface area contributed by atoms with Gasteiger partial charge in [-0.1, -0.05) is 84.9 Å². The van der Waals surface area contributed by atoms with Crippen LogP contribution in [0.3, 0.4) is 0 Å². The smallest absolute Gasteiger partial charge is 0.338 e. The van der Waals surface area contributed by atoms with E-state index >= 15 is 0 Å². The Balaban J connectivity index is 1.11. The highest BCUT2D eigenvalue weighted by molar-refractivity contribution is 7.92. The van der Waals surface area contributed by atoms with Gasteiger partial charge in [0.2, 0.25) is 10.0 Å². The summed E-state index contributed by atoms with van der Waals surface area (Å²) in [5, 5.41) is 14.1. The van der Waals surface area contributed by atoms with E-state index in [0.29, 0.717) is 30.0 Å². The molecule has 1 atom stereocenters. The molecule has 0 radical (unpaired) electrons. The number of aliphatic hydroxyl groups excluding tert-OH is 1. The fourth-order valence-electron chi connectivity index (χ4n) is 5.34. The van der Waals surface area contributed by atoms with E-state index in [0.717, 1.165) is 45.4 Å². The number of carbonyl (C=O) groups is 1. The van der Waals surface area contributed by atoms with Gasteiger partial charge in [0, 0.05) is 13.1 Å². The molecule has 50 heavy (non-hydrogen) atoms. The lowest BCUT2D eigenvalue weighted by molar-refractivity contribution is 0.0472. The maximum Gasteiger partial charge on any atom is 0.338 e. The number of hydrogen-bond donors (Lipinski definition) is 3. The second kappa shape index (κ2) is 17.0. The number of nitrogens with one attached hydrogen (secondary N) is 2. The summed E-state index contributed by atoms with van der Waals surface area (Å²) in [5.41, 5.74) is 7.28. The molecule has 5 aromatic carbocycles. The fraction of sp³-hybridized carbons (Fsp3) is 0.225. The number of aliphatic hydroxyl groups is 1. The van der Waals surface area contributed by atoms with E-state index < -0.39 is 16.1 Å². The van der Waals surface area contributed by atoms with Crippen LogP contribution in [0.25, 0.3) is 11.1 Å². The molecule has 3 N–H and O–H groups in total. The second-order valence-electron chi connectivity index (χ2n) is 12.0. The highest BCUT2D eigenvalue weighted by Crippen LogP contribution is 2.32. The van der Waals surface area contributed by atoms with Crippen LogP contribution in [-0.2, 0) is 28.0 Å². The lowest BCUT2D eigenvalue weighted by Gasteiger charge is -2.18. The predicted octanol–water partition coefficient (Wildman–Crippen LogP) is 6.98. The number of anilines is 1. The summed E-state index contributed by atoms with van der Waals surface area (Å²) in [6.07, 6.45) is 0.180. The van der Waals surface area contributed by atoms with Gasteiger partial charge in [0.15, 0.2) is 0 Å². The largest absolute Gasteiger partial charge is 0.492 e. The number of benzene rings is 5. The van der Waals surface area contributed by atoms with Crippen molar-refractivity contribution in [2.45, 2.75) is 33.2 Å². The SMILES string of the molecule is Cc1c(OCCNC[C@@H](O)c2ccc(OCc3ccccc3)c(NS(C)(=O)=O)c2)ccc(-c2ccc(C(=O)OCc3ccccc3)cc2)c1C. The number of sulfonamides is 1. The van der Waals surface area contributed by atoms with Gasteiger partial charge >= 0.3 is 5.97 Å². The van der Waals surface area contributed by atoms with Crippen molar-refractivity contribution in [2.24, 2.45) is 0 Å². The Morgan fingerprint density at radius 1 is 0.760 bits per heavy atom. The molecule has 0 amide bonds. The molecule has 0 aliphatic rings. The van der Waals surface area contributed by atoms with Gasteiger partial charge in [-0.2, -0.15) is 0 Å². The standard InChI is InChI=1S/C40H42N2O7S/c1-28-29(2)38(21-19-35(28)32-14-16-33(17-15-32)40(44)49-27-31-12-8-5-9-13-31)47-23-22-41-25-37(43)34-18-20-39(36(24-34)42-50(3,45)46)48-26-30-10-6-4-7-11-30/h4-21,24,37,41-43H,22-23,25-27H2,1-3H3/t37-/m1/s1. The average molecular weight is 695 g/mol. The lowest BCUT2D eigenvalue weighted by Crippen LogP contribution is -2.26. The van der Waals surface area contributed by atoms with E-state index in [1.807, 2.05) is 98.8 Å². The molecule has 0 aliphatic heterocycles. The van der Waals surface area contributed by atoms with Crippen molar-refractivity contribution < 1.29 is 32.5 Å². The van der Waals surface area contributed by atoms with E-state index in [4.69, 9.17) is 14.2 Å². The first kappa shape index (κ1) is 36.1. The molecule has 5 rings (SSSR count). The van der Waals surface area contributed by atoms with Crippen molar-refractivity contribution >= 4 is 21.7 Å². The molecular formula is C40H42N2O7S. The van der Waals surface area contributed by atoms with Gasteiger partial charge in [-0.25, -0.2) is 13.2 Å². The zero-order chi connectivity index (χ0) is 35.5. The molecule has 0 aliphatic carbocycles. The first-order valence-electron chi connectivity index (χ1n) is 16.3. The van der Waals surface area contributed by atoms with E-state index in [-0.39, 0.29) is 31.4 Å². The molecule has 5 aromatic rings. The van der Waals surface area contributed by atoms with Crippen LogP contribution in [0.5, 0.6) is 11.5 Å². The Bertz CT molecular complexity index is 1980. The van der Waals surface area contributed by atoms with Crippen LogP contribution >= 0.6 is 0 Å². The van der Waals surface area contributed by atoms with E-state index in [1.165, 1.54) is 0 Å². The summed E-state index contributed by atoms with van der Waals surface area (Å²) in [5.74, 6) is 0.760. The predicted molar refractivity (Wildman–Crippen MR) is 196 cm³/mol. The third kappa shape index (κ3) is 10.2. The number of carbonyl (C=O) groups excluding carboxylic acids is 1. The third-order valence-electron chi connectivity index (χ3n) is 8.18. The maximum atomic E-state index is 12.5. The molecule has 0 saturated carbocycles. The summed E-state index contributed by atoms with van der Waals surface area (Å²) < 4.78 is 44.0. The van der Waals surface area contributed by atoms with Crippen LogP contribution in [-0.4, -0.2) is 45.4 Å². The summed E-state index contributed by atoms with van der Waals surface area (Å²) in [4.78, 5) is 12.5. The van der Waals surface area contributed by atoms with Crippen LogP contribution in [0.4, 0.5) is 5.69 Å². The van der Waals surface area contributed by atoms with Crippen LogP contribution in [0.15, 0.2) is 115 Å². The average Bonchev–Trinajstić information content (AvgIpc) is 3.12. The Hall–Kier alpha value is -5.16. The summed E-state index contributed by atoms with van der Waals surface area (Å²) in [6, 6.07) is 35.4. The third-order valence-corrected chi connectivity index (χ3v) is 8.77. The Morgan fingerprint density at radius 3 is 2.06 bits per heavy atom. The Kier molecular flexibility index (Phi) is 12.3. The Labute approximate surface area is 293 Å². The van der Waals surface area contributed by atoms with Crippen molar-refractivity contribution in [1.29, 1.82) is 0 Å². The van der Waals surface area contributed by atoms with Crippen LogP contribution in [0.1, 0.15) is 44.3 Å². The first-order valence-corrected chi connectivity index (χ1v) is 18.2. The molecule has 260 valence electrons. The molecule has 0 fully saturated rings. The maximum absolute atomic E-state index is 12.5. The van der Waals surface area contributed by atoms with Gasteiger partial charge in [0.1, 0.15) is 31.3 Å². The van der Waals surface area contributed by atoms with Crippen molar-refractivity contribution in [3.8, 4) is 22.6 Å². The number of ether oxygens (including phenoxy) is 3. The van der Waals surface area contributed by atoms with Gasteiger partial charge in [-0.15, -0.1) is 0 Å². The fourth-order valence-corrected chi connectivity index (χ4v) is 5.90. The quantitative estimate of drug-likeness (QED) is 0.0747. The van der Waals surface area contributed by atoms with Crippen molar-refractivity contribution in [3.63, 3.8) is 0 Å². The highest BCUT2D eigenvalue weighted by atomic mass is 32.2. The first-order chi connectivity index (χ1) is 24.1. The zero-order valence-electron chi connectivity index (χ0n) is 28.4. The zero-order valence-corrected chi connectivity index (χ0v) is 29.2. The number of rotatable bonds is 16. The summed E-state index contributed by atoms with van der Waals surface area (Å²) >= 11 is 0. The Morgan fingerprint density at radius 2 is 1.40 bits per heavy atom. The van der Waals surface area contributed by atoms with Gasteiger partial charge in [-0.3, -0.25) is 4.72 Å². The molecule has 0 heterocycles. The molecule has 0 aromatic heterocycles.